The summed E-state index contributed by atoms with van der Waals surface area (Å²) >= 11 is 0. The minimum atomic E-state index is -0.865. The minimum Gasteiger partial charge on any atom is -0.467 e. The van der Waals surface area contributed by atoms with Crippen molar-refractivity contribution < 1.29 is 19.1 Å². The fraction of sp³-hybridized carbons (Fsp3) is 0.333. The summed E-state index contributed by atoms with van der Waals surface area (Å²) in [6, 6.07) is 9.66. The molecule has 1 fully saturated rings. The van der Waals surface area contributed by atoms with E-state index >= 15 is 0 Å². The zero-order valence-electron chi connectivity index (χ0n) is 16.7. The molecule has 1 aliphatic rings. The van der Waals surface area contributed by atoms with E-state index in [2.05, 4.69) is 4.98 Å². The van der Waals surface area contributed by atoms with E-state index in [-0.39, 0.29) is 24.9 Å². The van der Waals surface area contributed by atoms with E-state index in [1.165, 1.54) is 18.2 Å². The van der Waals surface area contributed by atoms with Crippen LogP contribution in [0.4, 0.5) is 5.69 Å². The molecule has 8 heteroatoms. The lowest BCUT2D eigenvalue weighted by Crippen LogP contribution is -2.59. The largest absolute Gasteiger partial charge is 0.467 e. The molecule has 8 nitrogen and oxygen atoms in total. The number of piperazine rings is 1. The third-order valence-electron chi connectivity index (χ3n) is 4.94. The molecule has 2 amide bonds. The van der Waals surface area contributed by atoms with Crippen molar-refractivity contribution in [1.82, 2.24) is 14.8 Å². The van der Waals surface area contributed by atoms with Gasteiger partial charge in [-0.25, -0.2) is 4.79 Å². The molecule has 3 rings (SSSR count). The first-order valence-corrected chi connectivity index (χ1v) is 9.28. The summed E-state index contributed by atoms with van der Waals surface area (Å²) in [5.74, 6) is -1.04. The van der Waals surface area contributed by atoms with Crippen LogP contribution in [0.25, 0.3) is 0 Å². The Morgan fingerprint density at radius 1 is 1.03 bits per heavy atom. The quantitative estimate of drug-likeness (QED) is 0.725. The number of amides is 2. The predicted molar refractivity (Wildman–Crippen MR) is 108 cm³/mol. The van der Waals surface area contributed by atoms with Crippen LogP contribution in [0.1, 0.15) is 20.7 Å². The highest BCUT2D eigenvalue weighted by Crippen LogP contribution is 2.19. The van der Waals surface area contributed by atoms with Crippen LogP contribution in [0, 0.1) is 0 Å². The Bertz CT molecular complexity index is 883. The molecule has 2 heterocycles. The molecule has 29 heavy (non-hydrogen) atoms. The second-order valence-electron chi connectivity index (χ2n) is 6.97. The summed E-state index contributed by atoms with van der Waals surface area (Å²) in [5, 5.41) is 0. The van der Waals surface area contributed by atoms with E-state index in [0.717, 1.165) is 5.69 Å². The zero-order valence-corrected chi connectivity index (χ0v) is 16.7. The summed E-state index contributed by atoms with van der Waals surface area (Å²) in [5.41, 5.74) is 1.89. The Morgan fingerprint density at radius 3 is 2.34 bits per heavy atom. The molecule has 1 saturated heterocycles. The van der Waals surface area contributed by atoms with Crippen LogP contribution >= 0.6 is 0 Å². The highest BCUT2D eigenvalue weighted by molar-refractivity contribution is 5.98. The Labute approximate surface area is 169 Å². The van der Waals surface area contributed by atoms with Crippen LogP contribution < -0.4 is 4.90 Å². The van der Waals surface area contributed by atoms with Gasteiger partial charge in [-0.3, -0.25) is 14.6 Å². The number of nitrogens with zero attached hydrogens (tertiary/aromatic N) is 4. The van der Waals surface area contributed by atoms with Crippen LogP contribution in [-0.4, -0.2) is 79.4 Å². The van der Waals surface area contributed by atoms with Crippen molar-refractivity contribution in [3.8, 4) is 0 Å². The first-order valence-electron chi connectivity index (χ1n) is 9.28. The molecule has 1 atom stereocenters. The lowest BCUT2D eigenvalue weighted by molar-refractivity contribution is -0.147. The van der Waals surface area contributed by atoms with Gasteiger partial charge >= 0.3 is 5.97 Å². The number of anilines is 1. The molecule has 1 aromatic carbocycles. The number of ether oxygens (including phenoxy) is 1. The average molecular weight is 396 g/mol. The summed E-state index contributed by atoms with van der Waals surface area (Å²) in [6.07, 6.45) is 3.07. The molecule has 1 aliphatic heterocycles. The number of hydrogen-bond acceptors (Lipinski definition) is 6. The maximum Gasteiger partial charge on any atom is 0.330 e. The van der Waals surface area contributed by atoms with Crippen LogP contribution in [0.3, 0.4) is 0 Å². The number of pyridine rings is 1. The molecule has 0 bridgehead atoms. The van der Waals surface area contributed by atoms with Gasteiger partial charge in [0.15, 0.2) is 0 Å². The van der Waals surface area contributed by atoms with Crippen LogP contribution in [0.2, 0.25) is 0 Å². The molecule has 152 valence electrons. The van der Waals surface area contributed by atoms with Crippen LogP contribution in [0.15, 0.2) is 48.8 Å². The normalized spacial score (nSPS) is 16.3. The monoisotopic (exact) mass is 396 g/mol. The maximum absolute atomic E-state index is 13.0. The summed E-state index contributed by atoms with van der Waals surface area (Å²) in [7, 11) is 5.12. The molecule has 0 spiro atoms. The predicted octanol–water partition coefficient (Wildman–Crippen LogP) is 1.29. The van der Waals surface area contributed by atoms with Gasteiger partial charge in [-0.2, -0.15) is 0 Å². The standard InChI is InChI=1S/C21H24N4O4/c1-23(2)17-8-6-15(7-9-17)20(27)25-12-11-24(14-18(25)21(28)29-3)19(26)16-5-4-10-22-13-16/h4-10,13,18H,11-12,14H2,1-3H3. The van der Waals surface area contributed by atoms with Crippen molar-refractivity contribution in [2.75, 3.05) is 45.7 Å². The average Bonchev–Trinajstić information content (AvgIpc) is 2.77. The number of carbonyl (C=O) groups is 3. The SMILES string of the molecule is COC(=O)C1CN(C(=O)c2cccnc2)CCN1C(=O)c1ccc(N(C)C)cc1. The molecular formula is C21H24N4O4. The zero-order chi connectivity index (χ0) is 21.0. The molecule has 0 radical (unpaired) electrons. The van der Waals surface area contributed by atoms with Gasteiger partial charge < -0.3 is 19.4 Å². The van der Waals surface area contributed by atoms with Crippen LogP contribution in [-0.2, 0) is 9.53 Å². The number of benzene rings is 1. The van der Waals surface area contributed by atoms with Gasteiger partial charge in [0.05, 0.1) is 19.2 Å². The number of hydrogen-bond donors (Lipinski definition) is 0. The Morgan fingerprint density at radius 2 is 1.76 bits per heavy atom. The van der Waals surface area contributed by atoms with Crippen molar-refractivity contribution in [2.24, 2.45) is 0 Å². The summed E-state index contributed by atoms with van der Waals surface area (Å²) in [6.45, 7) is 0.630. The van der Waals surface area contributed by atoms with Crippen molar-refractivity contribution in [3.05, 3.63) is 59.9 Å². The third kappa shape index (κ3) is 4.37. The van der Waals surface area contributed by atoms with Crippen molar-refractivity contribution in [3.63, 3.8) is 0 Å². The van der Waals surface area contributed by atoms with Crippen molar-refractivity contribution in [1.29, 1.82) is 0 Å². The number of rotatable bonds is 4. The highest BCUT2D eigenvalue weighted by atomic mass is 16.5. The highest BCUT2D eigenvalue weighted by Gasteiger charge is 2.38. The number of methoxy groups -OCH3 is 1. The number of aromatic nitrogens is 1. The van der Waals surface area contributed by atoms with Crippen LogP contribution in [0.5, 0.6) is 0 Å². The van der Waals surface area contributed by atoms with Gasteiger partial charge in [-0.15, -0.1) is 0 Å². The second-order valence-corrected chi connectivity index (χ2v) is 6.97. The number of carbonyl (C=O) groups excluding carboxylic acids is 3. The van der Waals surface area contributed by atoms with Gasteiger partial charge in [-0.1, -0.05) is 0 Å². The molecule has 0 aliphatic carbocycles. The van der Waals surface area contributed by atoms with E-state index < -0.39 is 12.0 Å². The fourth-order valence-electron chi connectivity index (χ4n) is 3.29. The van der Waals surface area contributed by atoms with Gasteiger partial charge in [0.1, 0.15) is 6.04 Å². The maximum atomic E-state index is 13.0. The molecule has 2 aromatic rings. The lowest BCUT2D eigenvalue weighted by Gasteiger charge is -2.39. The molecule has 0 N–H and O–H groups in total. The Balaban J connectivity index is 1.79. The van der Waals surface area contributed by atoms with Crippen molar-refractivity contribution >= 4 is 23.5 Å². The van der Waals surface area contributed by atoms with Gasteiger partial charge in [0.2, 0.25) is 0 Å². The first kappa shape index (κ1) is 20.3. The van der Waals surface area contributed by atoms with Gasteiger partial charge in [-0.05, 0) is 36.4 Å². The minimum absolute atomic E-state index is 0.0714. The molecule has 0 saturated carbocycles. The lowest BCUT2D eigenvalue weighted by atomic mass is 10.1. The van der Waals surface area contributed by atoms with Gasteiger partial charge in [0.25, 0.3) is 11.8 Å². The van der Waals surface area contributed by atoms with E-state index in [1.807, 2.05) is 31.1 Å². The smallest absolute Gasteiger partial charge is 0.330 e. The topological polar surface area (TPSA) is 83.0 Å². The van der Waals surface area contributed by atoms with Gasteiger partial charge in [0, 0.05) is 50.8 Å². The number of esters is 1. The van der Waals surface area contributed by atoms with Crippen molar-refractivity contribution in [2.45, 2.75) is 6.04 Å². The first-order chi connectivity index (χ1) is 13.9. The molecule has 1 unspecified atom stereocenters. The Kier molecular flexibility index (Phi) is 6.11. The van der Waals surface area contributed by atoms with E-state index in [9.17, 15) is 14.4 Å². The fourth-order valence-corrected chi connectivity index (χ4v) is 3.29. The second kappa shape index (κ2) is 8.72. The molecule has 1 aromatic heterocycles. The summed E-state index contributed by atoms with van der Waals surface area (Å²) in [4.78, 5) is 47.1. The third-order valence-corrected chi connectivity index (χ3v) is 4.94. The van der Waals surface area contributed by atoms with E-state index in [1.54, 1.807) is 35.4 Å². The van der Waals surface area contributed by atoms with E-state index in [0.29, 0.717) is 17.7 Å². The molecular weight excluding hydrogens is 372 g/mol. The Hall–Kier alpha value is -3.42. The summed E-state index contributed by atoms with van der Waals surface area (Å²) < 4.78 is 4.90. The van der Waals surface area contributed by atoms with E-state index in [4.69, 9.17) is 4.74 Å².